The van der Waals surface area contributed by atoms with E-state index in [9.17, 15) is 0 Å². The quantitative estimate of drug-likeness (QED) is 0.776. The van der Waals surface area contributed by atoms with Crippen molar-refractivity contribution in [1.29, 1.82) is 0 Å². The Hall–Kier alpha value is -0.820. The highest BCUT2D eigenvalue weighted by molar-refractivity contribution is 5.30. The fourth-order valence-electron chi connectivity index (χ4n) is 3.43. The van der Waals surface area contributed by atoms with Gasteiger partial charge in [-0.05, 0) is 49.3 Å². The topological polar surface area (TPSA) is 12.0 Å². The van der Waals surface area contributed by atoms with Crippen molar-refractivity contribution in [1.82, 2.24) is 5.32 Å². The number of hydrogen-bond donors (Lipinski definition) is 1. The van der Waals surface area contributed by atoms with Gasteiger partial charge in [-0.25, -0.2) is 0 Å². The number of rotatable bonds is 4. The standard InChI is InChI=1S/C18H29N/c1-14(2)19-13-16-10-5-4-6-12-18(16)17-11-8-7-9-15(17)3/h7-9,11,14,16,18-19H,4-6,10,12-13H2,1-3H3. The first-order valence-electron chi connectivity index (χ1n) is 7.97. The van der Waals surface area contributed by atoms with Crippen LogP contribution in [0, 0.1) is 12.8 Å². The third kappa shape index (κ3) is 4.07. The monoisotopic (exact) mass is 259 g/mol. The lowest BCUT2D eigenvalue weighted by molar-refractivity contribution is 0.362. The van der Waals surface area contributed by atoms with Gasteiger partial charge in [-0.1, -0.05) is 57.4 Å². The summed E-state index contributed by atoms with van der Waals surface area (Å²) < 4.78 is 0. The fraction of sp³-hybridized carbons (Fsp3) is 0.667. The van der Waals surface area contributed by atoms with Crippen molar-refractivity contribution in [3.8, 4) is 0 Å². The Balaban J connectivity index is 2.15. The third-order valence-corrected chi connectivity index (χ3v) is 4.54. The highest BCUT2D eigenvalue weighted by Crippen LogP contribution is 2.37. The molecule has 1 N–H and O–H groups in total. The Bertz CT molecular complexity index is 383. The van der Waals surface area contributed by atoms with Crippen molar-refractivity contribution in [2.24, 2.45) is 5.92 Å². The van der Waals surface area contributed by atoms with Gasteiger partial charge < -0.3 is 5.32 Å². The normalized spacial score (nSPS) is 24.4. The first-order valence-corrected chi connectivity index (χ1v) is 7.97. The van der Waals surface area contributed by atoms with Crippen LogP contribution >= 0.6 is 0 Å². The van der Waals surface area contributed by atoms with E-state index in [0.29, 0.717) is 6.04 Å². The maximum Gasteiger partial charge on any atom is 0.00104 e. The Kier molecular flexibility index (Phi) is 5.45. The minimum absolute atomic E-state index is 0.598. The Morgan fingerprint density at radius 1 is 1.11 bits per heavy atom. The van der Waals surface area contributed by atoms with Crippen molar-refractivity contribution in [2.45, 2.75) is 64.8 Å². The summed E-state index contributed by atoms with van der Waals surface area (Å²) >= 11 is 0. The highest BCUT2D eigenvalue weighted by atomic mass is 14.9. The molecular weight excluding hydrogens is 230 g/mol. The van der Waals surface area contributed by atoms with E-state index in [2.05, 4.69) is 50.4 Å². The molecule has 0 spiro atoms. The summed E-state index contributed by atoms with van der Waals surface area (Å²) in [4.78, 5) is 0. The SMILES string of the molecule is Cc1ccccc1C1CCCCCC1CNC(C)C. The zero-order valence-electron chi connectivity index (χ0n) is 12.8. The Morgan fingerprint density at radius 3 is 2.58 bits per heavy atom. The number of aryl methyl sites for hydroxylation is 1. The van der Waals surface area contributed by atoms with Gasteiger partial charge in [-0.15, -0.1) is 0 Å². The minimum atomic E-state index is 0.598. The van der Waals surface area contributed by atoms with Gasteiger partial charge in [0.1, 0.15) is 0 Å². The number of nitrogens with one attached hydrogen (secondary N) is 1. The average molecular weight is 259 g/mol. The largest absolute Gasteiger partial charge is 0.314 e. The van der Waals surface area contributed by atoms with Crippen LogP contribution in [0.1, 0.15) is 63.0 Å². The molecule has 1 saturated carbocycles. The fourth-order valence-corrected chi connectivity index (χ4v) is 3.43. The summed E-state index contributed by atoms with van der Waals surface area (Å²) in [7, 11) is 0. The van der Waals surface area contributed by atoms with Crippen LogP contribution in [0.2, 0.25) is 0 Å². The maximum atomic E-state index is 3.66. The lowest BCUT2D eigenvalue weighted by Crippen LogP contribution is -2.31. The summed E-state index contributed by atoms with van der Waals surface area (Å²) in [6.45, 7) is 7.95. The maximum absolute atomic E-state index is 3.66. The molecule has 0 aromatic heterocycles. The molecule has 0 bridgehead atoms. The molecule has 1 fully saturated rings. The zero-order valence-corrected chi connectivity index (χ0v) is 12.8. The molecular formula is C18H29N. The van der Waals surface area contributed by atoms with Gasteiger partial charge in [0, 0.05) is 6.04 Å². The summed E-state index contributed by atoms with van der Waals surface area (Å²) in [6, 6.07) is 9.60. The van der Waals surface area contributed by atoms with Crippen molar-refractivity contribution in [2.75, 3.05) is 6.54 Å². The van der Waals surface area contributed by atoms with Crippen LogP contribution in [0.3, 0.4) is 0 Å². The zero-order chi connectivity index (χ0) is 13.7. The van der Waals surface area contributed by atoms with Crippen molar-refractivity contribution >= 4 is 0 Å². The first-order chi connectivity index (χ1) is 9.18. The highest BCUT2D eigenvalue weighted by Gasteiger charge is 2.25. The van der Waals surface area contributed by atoms with Crippen molar-refractivity contribution in [3.63, 3.8) is 0 Å². The van der Waals surface area contributed by atoms with E-state index in [0.717, 1.165) is 11.8 Å². The Labute approximate surface area is 118 Å². The second-order valence-corrected chi connectivity index (χ2v) is 6.42. The number of benzene rings is 1. The van der Waals surface area contributed by atoms with Gasteiger partial charge in [0.15, 0.2) is 0 Å². The lowest BCUT2D eigenvalue weighted by Gasteiger charge is -2.28. The summed E-state index contributed by atoms with van der Waals surface area (Å²) in [5.41, 5.74) is 3.07. The lowest BCUT2D eigenvalue weighted by atomic mass is 9.80. The smallest absolute Gasteiger partial charge is 0.00104 e. The van der Waals surface area contributed by atoms with Gasteiger partial charge in [0.2, 0.25) is 0 Å². The van der Waals surface area contributed by atoms with Crippen LogP contribution in [0.15, 0.2) is 24.3 Å². The van der Waals surface area contributed by atoms with E-state index in [1.54, 1.807) is 5.56 Å². The van der Waals surface area contributed by atoms with Gasteiger partial charge >= 0.3 is 0 Å². The summed E-state index contributed by atoms with van der Waals surface area (Å²) in [6.07, 6.45) is 6.98. The molecule has 1 aromatic carbocycles. The van der Waals surface area contributed by atoms with E-state index in [1.165, 1.54) is 44.2 Å². The molecule has 2 atom stereocenters. The van der Waals surface area contributed by atoms with Crippen LogP contribution in [0.25, 0.3) is 0 Å². The van der Waals surface area contributed by atoms with Crippen molar-refractivity contribution < 1.29 is 0 Å². The predicted molar refractivity (Wildman–Crippen MR) is 83.6 cm³/mol. The average Bonchev–Trinajstić information content (AvgIpc) is 2.62. The molecule has 0 aliphatic heterocycles. The molecule has 2 rings (SSSR count). The molecule has 0 saturated heterocycles. The molecule has 1 heteroatoms. The van der Waals surface area contributed by atoms with E-state index < -0.39 is 0 Å². The molecule has 0 amide bonds. The minimum Gasteiger partial charge on any atom is -0.314 e. The molecule has 2 unspecified atom stereocenters. The van der Waals surface area contributed by atoms with Crippen molar-refractivity contribution in [3.05, 3.63) is 35.4 Å². The Morgan fingerprint density at radius 2 is 1.84 bits per heavy atom. The van der Waals surface area contributed by atoms with Gasteiger partial charge in [-0.3, -0.25) is 0 Å². The third-order valence-electron chi connectivity index (χ3n) is 4.54. The van der Waals surface area contributed by atoms with Crippen LogP contribution in [0.4, 0.5) is 0 Å². The van der Waals surface area contributed by atoms with Gasteiger partial charge in [0.25, 0.3) is 0 Å². The van der Waals surface area contributed by atoms with E-state index >= 15 is 0 Å². The summed E-state index contributed by atoms with van der Waals surface area (Å²) in [5, 5.41) is 3.66. The summed E-state index contributed by atoms with van der Waals surface area (Å²) in [5.74, 6) is 1.57. The molecule has 1 aromatic rings. The van der Waals surface area contributed by atoms with Crippen LogP contribution in [-0.2, 0) is 0 Å². The first kappa shape index (κ1) is 14.6. The number of hydrogen-bond acceptors (Lipinski definition) is 1. The van der Waals surface area contributed by atoms with Crippen LogP contribution in [-0.4, -0.2) is 12.6 Å². The predicted octanol–water partition coefficient (Wildman–Crippen LogP) is 4.66. The molecule has 1 aliphatic carbocycles. The van der Waals surface area contributed by atoms with E-state index in [1.807, 2.05) is 0 Å². The van der Waals surface area contributed by atoms with Gasteiger partial charge in [-0.2, -0.15) is 0 Å². The molecule has 0 heterocycles. The van der Waals surface area contributed by atoms with Crippen LogP contribution < -0.4 is 5.32 Å². The second kappa shape index (κ2) is 7.09. The van der Waals surface area contributed by atoms with E-state index in [-0.39, 0.29) is 0 Å². The molecule has 1 aliphatic rings. The van der Waals surface area contributed by atoms with E-state index in [4.69, 9.17) is 0 Å². The molecule has 0 radical (unpaired) electrons. The molecule has 1 nitrogen and oxygen atoms in total. The molecule has 19 heavy (non-hydrogen) atoms. The van der Waals surface area contributed by atoms with Gasteiger partial charge in [0.05, 0.1) is 0 Å². The second-order valence-electron chi connectivity index (χ2n) is 6.42. The molecule has 106 valence electrons. The van der Waals surface area contributed by atoms with Crippen LogP contribution in [0.5, 0.6) is 0 Å².